The molecule has 3 aliphatic heterocycles. The summed E-state index contributed by atoms with van der Waals surface area (Å²) in [5.74, 6) is -0.360. The van der Waals surface area contributed by atoms with E-state index in [0.29, 0.717) is 11.5 Å². The Hall–Kier alpha value is -1.75. The van der Waals surface area contributed by atoms with Gasteiger partial charge in [-0.3, -0.25) is 0 Å². The Morgan fingerprint density at radius 2 is 1.81 bits per heavy atom. The minimum absolute atomic E-state index is 0.428. The number of anilines is 1. The van der Waals surface area contributed by atoms with E-state index < -0.39 is 5.97 Å². The predicted octanol–water partition coefficient (Wildman–Crippen LogP) is 3.55. The molecule has 1 fully saturated rings. The first-order chi connectivity index (χ1) is 10.1. The van der Waals surface area contributed by atoms with Gasteiger partial charge in [-0.15, -0.1) is 0 Å². The lowest BCUT2D eigenvalue weighted by atomic mass is 9.84. The topological polar surface area (TPSA) is 45.5 Å². The highest BCUT2D eigenvalue weighted by molar-refractivity contribution is 7.19. The summed E-state index contributed by atoms with van der Waals surface area (Å²) in [6, 6.07) is 4.10. The van der Waals surface area contributed by atoms with Crippen LogP contribution in [0.25, 0.3) is 5.00 Å². The number of carbonyl (C=O) groups is 1. The maximum atomic E-state index is 11.9. The molecule has 0 radical (unpaired) electrons. The van der Waals surface area contributed by atoms with Gasteiger partial charge in [0.25, 0.3) is 0 Å². The molecule has 110 valence electrons. The van der Waals surface area contributed by atoms with Crippen LogP contribution in [0.2, 0.25) is 0 Å². The Balaban J connectivity index is 2.01. The molecule has 1 N–H and O–H groups in total. The van der Waals surface area contributed by atoms with Gasteiger partial charge in [0.1, 0.15) is 10.6 Å². The average molecular weight is 302 g/mol. The average Bonchev–Trinajstić information content (AvgIpc) is 3.01. The van der Waals surface area contributed by atoms with Crippen molar-refractivity contribution < 1.29 is 9.90 Å². The molecule has 0 spiro atoms. The SMILES string of the molecule is Cc1ccc(C)n1-c1sc2c(c1C(=O)O)C1CCN2CC1. The summed E-state index contributed by atoms with van der Waals surface area (Å²) in [5, 5.41) is 11.9. The van der Waals surface area contributed by atoms with E-state index in [1.165, 1.54) is 5.00 Å². The molecule has 2 bridgehead atoms. The van der Waals surface area contributed by atoms with E-state index >= 15 is 0 Å². The Morgan fingerprint density at radius 1 is 1.19 bits per heavy atom. The van der Waals surface area contributed by atoms with Gasteiger partial charge in [0.15, 0.2) is 0 Å². The number of hydrogen-bond donors (Lipinski definition) is 1. The van der Waals surface area contributed by atoms with Crippen LogP contribution in [0, 0.1) is 13.8 Å². The van der Waals surface area contributed by atoms with Crippen LogP contribution in [0.5, 0.6) is 0 Å². The van der Waals surface area contributed by atoms with Crippen molar-refractivity contribution in [3.63, 3.8) is 0 Å². The van der Waals surface area contributed by atoms with E-state index in [-0.39, 0.29) is 0 Å². The van der Waals surface area contributed by atoms with Crippen molar-refractivity contribution in [1.29, 1.82) is 0 Å². The fourth-order valence-electron chi connectivity index (χ4n) is 3.76. The number of fused-ring (bicyclic) bond motifs is 2. The third-order valence-corrected chi connectivity index (χ3v) is 6.04. The molecule has 0 atom stereocenters. The van der Waals surface area contributed by atoms with E-state index in [2.05, 4.69) is 21.6 Å². The molecule has 2 aromatic rings. The summed E-state index contributed by atoms with van der Waals surface area (Å²) in [7, 11) is 0. The third kappa shape index (κ3) is 1.70. The molecule has 0 amide bonds. The van der Waals surface area contributed by atoms with Crippen molar-refractivity contribution in [2.45, 2.75) is 32.6 Å². The number of rotatable bonds is 2. The minimum atomic E-state index is -0.788. The molecule has 0 aliphatic carbocycles. The van der Waals surface area contributed by atoms with Crippen molar-refractivity contribution >= 4 is 22.3 Å². The largest absolute Gasteiger partial charge is 0.478 e. The van der Waals surface area contributed by atoms with Gasteiger partial charge in [-0.25, -0.2) is 4.79 Å². The molecule has 0 aromatic carbocycles. The van der Waals surface area contributed by atoms with Crippen molar-refractivity contribution in [1.82, 2.24) is 4.57 Å². The predicted molar refractivity (Wildman–Crippen MR) is 84.3 cm³/mol. The zero-order valence-electron chi connectivity index (χ0n) is 12.2. The molecule has 5 heterocycles. The standard InChI is InChI=1S/C16H18N2O2S/c1-9-3-4-10(2)18(9)15-13(16(19)20)12-11-5-7-17(8-6-11)14(12)21-15/h3-4,11H,5-8H2,1-2H3,(H,19,20). The summed E-state index contributed by atoms with van der Waals surface area (Å²) >= 11 is 1.65. The molecule has 0 unspecified atom stereocenters. The number of carboxylic acid groups (broad SMARTS) is 1. The highest BCUT2D eigenvalue weighted by atomic mass is 32.1. The van der Waals surface area contributed by atoms with Crippen LogP contribution < -0.4 is 4.90 Å². The van der Waals surface area contributed by atoms with Gasteiger partial charge in [-0.1, -0.05) is 11.3 Å². The fourth-order valence-corrected chi connectivity index (χ4v) is 5.31. The first-order valence-electron chi connectivity index (χ1n) is 7.38. The van der Waals surface area contributed by atoms with Crippen LogP contribution in [0.15, 0.2) is 12.1 Å². The van der Waals surface area contributed by atoms with Crippen molar-refractivity contribution in [2.75, 3.05) is 18.0 Å². The minimum Gasteiger partial charge on any atom is -0.478 e. The van der Waals surface area contributed by atoms with Crippen LogP contribution in [-0.2, 0) is 0 Å². The maximum Gasteiger partial charge on any atom is 0.339 e. The highest BCUT2D eigenvalue weighted by Crippen LogP contribution is 2.51. The molecule has 4 nitrogen and oxygen atoms in total. The number of aromatic nitrogens is 1. The van der Waals surface area contributed by atoms with Crippen LogP contribution >= 0.6 is 11.3 Å². The van der Waals surface area contributed by atoms with Gasteiger partial charge in [-0.05, 0) is 44.7 Å². The van der Waals surface area contributed by atoms with Crippen LogP contribution in [0.3, 0.4) is 0 Å². The zero-order valence-corrected chi connectivity index (χ0v) is 13.0. The Labute approximate surface area is 127 Å². The Bertz CT molecular complexity index is 716. The van der Waals surface area contributed by atoms with E-state index in [4.69, 9.17) is 0 Å². The molecule has 21 heavy (non-hydrogen) atoms. The quantitative estimate of drug-likeness (QED) is 0.922. The van der Waals surface area contributed by atoms with Gasteiger partial charge in [0.2, 0.25) is 0 Å². The van der Waals surface area contributed by atoms with E-state index in [0.717, 1.165) is 47.9 Å². The second-order valence-corrected chi connectivity index (χ2v) is 7.00. The van der Waals surface area contributed by atoms with Crippen LogP contribution in [0.1, 0.15) is 46.1 Å². The summed E-state index contributed by atoms with van der Waals surface area (Å²) in [5.41, 5.74) is 3.81. The molecule has 2 aromatic heterocycles. The van der Waals surface area contributed by atoms with Gasteiger partial charge in [-0.2, -0.15) is 0 Å². The molecule has 3 aliphatic rings. The van der Waals surface area contributed by atoms with E-state index in [1.807, 2.05) is 13.8 Å². The molecular weight excluding hydrogens is 284 g/mol. The van der Waals surface area contributed by atoms with E-state index in [9.17, 15) is 9.90 Å². The number of aromatic carboxylic acids is 1. The lowest BCUT2D eigenvalue weighted by molar-refractivity contribution is 0.0695. The summed E-state index contributed by atoms with van der Waals surface area (Å²) < 4.78 is 2.09. The first kappa shape index (κ1) is 13.0. The number of hydrogen-bond acceptors (Lipinski definition) is 3. The van der Waals surface area contributed by atoms with Gasteiger partial charge < -0.3 is 14.6 Å². The van der Waals surface area contributed by atoms with Crippen LogP contribution in [0.4, 0.5) is 5.00 Å². The number of nitrogens with zero attached hydrogens (tertiary/aromatic N) is 2. The van der Waals surface area contributed by atoms with Gasteiger partial charge in [0.05, 0.1) is 5.00 Å². The smallest absolute Gasteiger partial charge is 0.339 e. The number of carboxylic acids is 1. The lowest BCUT2D eigenvalue weighted by Crippen LogP contribution is -2.38. The van der Waals surface area contributed by atoms with Crippen molar-refractivity contribution in [3.05, 3.63) is 34.6 Å². The lowest BCUT2D eigenvalue weighted by Gasteiger charge is -2.40. The van der Waals surface area contributed by atoms with Gasteiger partial charge in [0, 0.05) is 30.0 Å². The molecule has 5 heteroatoms. The van der Waals surface area contributed by atoms with Crippen molar-refractivity contribution in [3.8, 4) is 5.00 Å². The number of thiophene rings is 1. The second kappa shape index (κ2) is 4.37. The van der Waals surface area contributed by atoms with Crippen LogP contribution in [-0.4, -0.2) is 28.7 Å². The summed E-state index contributed by atoms with van der Waals surface area (Å²) in [6.45, 7) is 6.21. The second-order valence-electron chi connectivity index (χ2n) is 6.02. The zero-order chi connectivity index (χ0) is 14.7. The maximum absolute atomic E-state index is 11.9. The Morgan fingerprint density at radius 3 is 2.38 bits per heavy atom. The molecular formula is C16H18N2O2S. The summed E-state index contributed by atoms with van der Waals surface area (Å²) in [4.78, 5) is 14.3. The number of aryl methyl sites for hydroxylation is 2. The monoisotopic (exact) mass is 302 g/mol. The third-order valence-electron chi connectivity index (χ3n) is 4.79. The first-order valence-corrected chi connectivity index (χ1v) is 8.20. The highest BCUT2D eigenvalue weighted by Gasteiger charge is 2.38. The molecule has 0 saturated carbocycles. The normalized spacial score (nSPS) is 17.3. The Kier molecular flexibility index (Phi) is 2.70. The van der Waals surface area contributed by atoms with Gasteiger partial charge >= 0.3 is 5.97 Å². The number of piperidine rings is 1. The van der Waals surface area contributed by atoms with Crippen molar-refractivity contribution in [2.24, 2.45) is 0 Å². The molecule has 1 saturated heterocycles. The van der Waals surface area contributed by atoms with E-state index in [1.54, 1.807) is 11.3 Å². The summed E-state index contributed by atoms with van der Waals surface area (Å²) in [6.07, 6.45) is 2.18. The molecule has 5 rings (SSSR count). The fraction of sp³-hybridized carbons (Fsp3) is 0.438.